The zero-order chi connectivity index (χ0) is 29.6. The van der Waals surface area contributed by atoms with Gasteiger partial charge in [-0.2, -0.15) is 23.4 Å². The summed E-state index contributed by atoms with van der Waals surface area (Å²) in [5.74, 6) is 0.0280. The van der Waals surface area contributed by atoms with Crippen molar-refractivity contribution in [3.8, 4) is 11.3 Å². The van der Waals surface area contributed by atoms with Crippen LogP contribution in [-0.2, 0) is 17.5 Å². The molecule has 10 nitrogen and oxygen atoms in total. The predicted octanol–water partition coefficient (Wildman–Crippen LogP) is 4.23. The molecule has 1 spiro atoms. The average molecular weight is 572 g/mol. The largest absolute Gasteiger partial charge is 0.444 e. The zero-order valence-electron chi connectivity index (χ0n) is 23.2. The number of hydrogen-bond donors (Lipinski definition) is 2. The average Bonchev–Trinajstić information content (AvgIpc) is 3.34. The third-order valence-electron chi connectivity index (χ3n) is 8.78. The number of nitrogens with zero attached hydrogens (tertiary/aromatic N) is 5. The molecule has 218 valence electrons. The molecule has 41 heavy (non-hydrogen) atoms. The van der Waals surface area contributed by atoms with E-state index in [1.54, 1.807) is 21.8 Å². The molecule has 1 unspecified atom stereocenters. The molecular formula is C28H32F3N7O3. The first kappa shape index (κ1) is 27.2. The summed E-state index contributed by atoms with van der Waals surface area (Å²) in [5, 5.41) is 9.00. The van der Waals surface area contributed by atoms with E-state index in [1.165, 1.54) is 23.9 Å². The minimum Gasteiger partial charge on any atom is -0.444 e. The lowest BCUT2D eigenvalue weighted by atomic mass is 9.80. The SMILES string of the molecule is Cc1c(Cn2cc(-c3nn([C@@H]4C[C@]56CN(C(=O)OC(C)(C)C)CC5[C@H]46)c(N)c3C(N)=O)cn2)cccc1C(F)(F)F. The van der Waals surface area contributed by atoms with Gasteiger partial charge in [0.25, 0.3) is 5.91 Å². The van der Waals surface area contributed by atoms with Crippen molar-refractivity contribution in [1.82, 2.24) is 24.5 Å². The van der Waals surface area contributed by atoms with E-state index in [2.05, 4.69) is 5.10 Å². The fourth-order valence-electron chi connectivity index (χ4n) is 6.90. The van der Waals surface area contributed by atoms with Crippen molar-refractivity contribution in [3.05, 3.63) is 52.8 Å². The van der Waals surface area contributed by atoms with E-state index in [0.717, 1.165) is 12.5 Å². The second kappa shape index (κ2) is 8.73. The lowest BCUT2D eigenvalue weighted by Gasteiger charge is -2.37. The molecular weight excluding hydrogens is 539 g/mol. The Morgan fingerprint density at radius 2 is 1.95 bits per heavy atom. The fourth-order valence-corrected chi connectivity index (χ4v) is 6.90. The van der Waals surface area contributed by atoms with Crippen LogP contribution in [-0.4, -0.2) is 55.2 Å². The third-order valence-corrected chi connectivity index (χ3v) is 8.78. The highest BCUT2D eigenvalue weighted by atomic mass is 19.4. The molecule has 0 radical (unpaired) electrons. The van der Waals surface area contributed by atoms with E-state index in [4.69, 9.17) is 21.3 Å². The number of anilines is 1. The van der Waals surface area contributed by atoms with Crippen LogP contribution in [0.1, 0.15) is 60.3 Å². The van der Waals surface area contributed by atoms with Crippen molar-refractivity contribution in [2.24, 2.45) is 23.0 Å². The number of hydrogen-bond acceptors (Lipinski definition) is 6. The molecule has 2 aliphatic carbocycles. The molecule has 3 aromatic rings. The second-order valence-electron chi connectivity index (χ2n) is 12.4. The smallest absolute Gasteiger partial charge is 0.416 e. The maximum Gasteiger partial charge on any atom is 0.416 e. The Hall–Kier alpha value is -4.03. The molecule has 13 heteroatoms. The number of piperidine rings is 1. The quantitative estimate of drug-likeness (QED) is 0.471. The molecule has 1 saturated heterocycles. The van der Waals surface area contributed by atoms with Crippen LogP contribution in [0.15, 0.2) is 30.6 Å². The van der Waals surface area contributed by atoms with Crippen LogP contribution in [0, 0.1) is 24.2 Å². The van der Waals surface area contributed by atoms with Crippen molar-refractivity contribution < 1.29 is 27.5 Å². The number of nitrogen functional groups attached to an aromatic ring is 1. The molecule has 4 N–H and O–H groups in total. The number of ether oxygens (including phenoxy) is 1. The molecule has 3 fully saturated rings. The Labute approximate surface area is 234 Å². The number of benzene rings is 1. The van der Waals surface area contributed by atoms with Gasteiger partial charge in [-0.3, -0.25) is 9.48 Å². The van der Waals surface area contributed by atoms with Gasteiger partial charge in [-0.25, -0.2) is 9.48 Å². The summed E-state index contributed by atoms with van der Waals surface area (Å²) in [5.41, 5.74) is 12.3. The van der Waals surface area contributed by atoms with Gasteiger partial charge in [0.1, 0.15) is 22.7 Å². The van der Waals surface area contributed by atoms with Crippen LogP contribution in [0.4, 0.5) is 23.8 Å². The molecule has 1 aromatic carbocycles. The number of carbonyl (C=O) groups excluding carboxylic acids is 2. The molecule has 3 heterocycles. The number of fused-ring (bicyclic) bond motifs is 1. The lowest BCUT2D eigenvalue weighted by molar-refractivity contribution is -0.138. The number of nitrogens with two attached hydrogens (primary N) is 2. The maximum atomic E-state index is 13.4. The number of likely N-dealkylation sites (tertiary alicyclic amines) is 1. The molecule has 2 saturated carbocycles. The van der Waals surface area contributed by atoms with Crippen molar-refractivity contribution in [2.75, 3.05) is 18.8 Å². The van der Waals surface area contributed by atoms with Crippen LogP contribution in [0.3, 0.4) is 0 Å². The summed E-state index contributed by atoms with van der Waals surface area (Å²) >= 11 is 0. The highest BCUT2D eigenvalue weighted by Gasteiger charge is 2.79. The van der Waals surface area contributed by atoms with E-state index >= 15 is 0 Å². The van der Waals surface area contributed by atoms with Crippen LogP contribution >= 0.6 is 0 Å². The van der Waals surface area contributed by atoms with Crippen molar-refractivity contribution in [1.29, 1.82) is 0 Å². The Bertz CT molecular complexity index is 1570. The minimum absolute atomic E-state index is 0.0146. The number of carbonyl (C=O) groups is 2. The van der Waals surface area contributed by atoms with Crippen molar-refractivity contribution >= 4 is 17.8 Å². The van der Waals surface area contributed by atoms with E-state index in [-0.39, 0.29) is 52.7 Å². The van der Waals surface area contributed by atoms with Crippen LogP contribution in [0.25, 0.3) is 11.3 Å². The van der Waals surface area contributed by atoms with Gasteiger partial charge in [0.15, 0.2) is 0 Å². The van der Waals surface area contributed by atoms with E-state index < -0.39 is 23.2 Å². The summed E-state index contributed by atoms with van der Waals surface area (Å²) in [6.07, 6.45) is -0.890. The third kappa shape index (κ3) is 4.32. The topological polar surface area (TPSA) is 134 Å². The molecule has 3 aliphatic rings. The molecule has 6 rings (SSSR count). The van der Waals surface area contributed by atoms with E-state index in [1.807, 2.05) is 20.8 Å². The Kier molecular flexibility index (Phi) is 5.78. The minimum atomic E-state index is -4.45. The van der Waals surface area contributed by atoms with Gasteiger partial charge in [-0.15, -0.1) is 0 Å². The summed E-state index contributed by atoms with van der Waals surface area (Å²) < 4.78 is 48.8. The van der Waals surface area contributed by atoms with Crippen LogP contribution in [0.2, 0.25) is 0 Å². The van der Waals surface area contributed by atoms with E-state index in [0.29, 0.717) is 30.1 Å². The van der Waals surface area contributed by atoms with Gasteiger partial charge in [-0.05, 0) is 63.1 Å². The number of halogens is 3. The van der Waals surface area contributed by atoms with Gasteiger partial charge in [-0.1, -0.05) is 12.1 Å². The van der Waals surface area contributed by atoms with Crippen LogP contribution in [0.5, 0.6) is 0 Å². The zero-order valence-corrected chi connectivity index (χ0v) is 23.2. The van der Waals surface area contributed by atoms with Gasteiger partial charge < -0.3 is 21.1 Å². The number of rotatable bonds is 5. The summed E-state index contributed by atoms with van der Waals surface area (Å²) in [7, 11) is 0. The van der Waals surface area contributed by atoms with Gasteiger partial charge in [0.2, 0.25) is 0 Å². The number of primary amides is 1. The number of alkyl halides is 3. The summed E-state index contributed by atoms with van der Waals surface area (Å²) in [6.45, 7) is 8.27. The predicted molar refractivity (Wildman–Crippen MR) is 143 cm³/mol. The Morgan fingerprint density at radius 3 is 2.59 bits per heavy atom. The monoisotopic (exact) mass is 571 g/mol. The lowest BCUT2D eigenvalue weighted by Crippen LogP contribution is -2.42. The van der Waals surface area contributed by atoms with Gasteiger partial charge in [0.05, 0.1) is 24.3 Å². The Morgan fingerprint density at radius 1 is 1.22 bits per heavy atom. The van der Waals surface area contributed by atoms with Gasteiger partial charge >= 0.3 is 12.3 Å². The summed E-state index contributed by atoms with van der Waals surface area (Å²) in [6, 6.07) is 4.01. The molecule has 1 aliphatic heterocycles. The van der Waals surface area contributed by atoms with Gasteiger partial charge in [0, 0.05) is 30.3 Å². The normalized spacial score (nSPS) is 25.0. The number of aromatic nitrogens is 4. The van der Waals surface area contributed by atoms with Crippen LogP contribution < -0.4 is 11.5 Å². The molecule has 0 bridgehead atoms. The number of amides is 2. The molecule has 4 atom stereocenters. The first-order valence-electron chi connectivity index (χ1n) is 13.4. The second-order valence-corrected chi connectivity index (χ2v) is 12.4. The Balaban J connectivity index is 1.21. The van der Waals surface area contributed by atoms with E-state index in [9.17, 15) is 22.8 Å². The maximum absolute atomic E-state index is 13.4. The molecule has 2 amide bonds. The standard InChI is InChI=1S/C28H32F3N7O3/c1-14-15(6-5-7-17(14)28(29,30)31)10-37-11-16(9-34-37)22-20(24(33)39)23(32)38(35-22)19-8-27-13-36(12-18(27)21(19)27)25(40)41-26(2,3)4/h5-7,9,11,18-19,21H,8,10,12-13,32H2,1-4H3,(H2,33,39)/t18?,19-,21-,27+/m1/s1. The highest BCUT2D eigenvalue weighted by Crippen LogP contribution is 2.79. The molecule has 2 aromatic heterocycles. The first-order chi connectivity index (χ1) is 19.1. The fraction of sp³-hybridized carbons (Fsp3) is 0.500. The first-order valence-corrected chi connectivity index (χ1v) is 13.4. The highest BCUT2D eigenvalue weighted by molar-refractivity contribution is 6.03. The van der Waals surface area contributed by atoms with Crippen molar-refractivity contribution in [2.45, 2.75) is 58.5 Å². The van der Waals surface area contributed by atoms with Crippen molar-refractivity contribution in [3.63, 3.8) is 0 Å². The summed E-state index contributed by atoms with van der Waals surface area (Å²) in [4.78, 5) is 26.7.